The predicted octanol–water partition coefficient (Wildman–Crippen LogP) is 23.1. The zero-order valence-corrected chi connectivity index (χ0v) is 77.5. The van der Waals surface area contributed by atoms with E-state index in [0.717, 1.165) is 132 Å². The fraction of sp³-hybridized carbons (Fsp3) is 0.436. The Morgan fingerprint density at radius 1 is 0.346 bits per heavy atom. The number of esters is 8. The van der Waals surface area contributed by atoms with Gasteiger partial charge in [-0.25, -0.2) is 19.2 Å². The van der Waals surface area contributed by atoms with Gasteiger partial charge in [0.05, 0.1) is 61.2 Å². The molecule has 7 aromatic rings. The van der Waals surface area contributed by atoms with Gasteiger partial charge in [-0.1, -0.05) is 149 Å². The SMILES string of the molecule is C#Cc1ccc(C#Cc2ccc(C#CC3(OC(=O)c4ccc(OC(=O)C5CCC(C(=O)OCCCCCCCCOC(=O)C(=C)C)CC5)cc4)CCC(C4CCC(C)CC4)CC3)cc2)cc1.C#Cc1ccc(C#Cc2ccc(C#CC3(OC(=O)c4ccc(OC(=O)C5CCC(C(=O)OCCCCOC(=O)/C=C/c6ccccc6)CC5)cc4)CCC(C4CCC(C)CC4)CC3)cc2)cc1. The molecule has 0 N–H and O–H groups in total. The molecule has 0 radical (unpaired) electrons. The van der Waals surface area contributed by atoms with Gasteiger partial charge in [0, 0.05) is 56.2 Å². The topological polar surface area (TPSA) is 210 Å². The fourth-order valence-corrected chi connectivity index (χ4v) is 18.7. The van der Waals surface area contributed by atoms with Crippen LogP contribution in [0.1, 0.15) is 297 Å². The van der Waals surface area contributed by atoms with Crippen LogP contribution in [0.5, 0.6) is 11.5 Å². The maximum atomic E-state index is 13.8. The Morgan fingerprint density at radius 3 is 0.992 bits per heavy atom. The van der Waals surface area contributed by atoms with E-state index >= 15 is 0 Å². The maximum absolute atomic E-state index is 13.8. The summed E-state index contributed by atoms with van der Waals surface area (Å²) in [5.41, 5.74) is 6.99. The summed E-state index contributed by atoms with van der Waals surface area (Å²) in [6, 6.07) is 53.3. The van der Waals surface area contributed by atoms with Crippen molar-refractivity contribution in [1.82, 2.24) is 0 Å². The first-order valence-corrected chi connectivity index (χ1v) is 48.2. The molecule has 0 aliphatic heterocycles. The van der Waals surface area contributed by atoms with Crippen molar-refractivity contribution in [3.05, 3.63) is 255 Å². The van der Waals surface area contributed by atoms with Crippen molar-refractivity contribution in [2.45, 2.75) is 237 Å². The molecule has 0 heterocycles. The summed E-state index contributed by atoms with van der Waals surface area (Å²) in [5, 5.41) is 0. The summed E-state index contributed by atoms with van der Waals surface area (Å²) in [6.07, 6.45) is 42.0. The fourth-order valence-electron chi connectivity index (χ4n) is 18.7. The highest BCUT2D eigenvalue weighted by Gasteiger charge is 2.43. The largest absolute Gasteiger partial charge is 0.465 e. The third-order valence-electron chi connectivity index (χ3n) is 27.2. The summed E-state index contributed by atoms with van der Waals surface area (Å²) in [5.74, 6) is 32.5. The van der Waals surface area contributed by atoms with E-state index in [1.807, 2.05) is 127 Å². The van der Waals surface area contributed by atoms with E-state index in [0.29, 0.717) is 149 Å². The molecule has 690 valence electrons. The van der Waals surface area contributed by atoms with Crippen LogP contribution in [0.25, 0.3) is 6.08 Å². The summed E-state index contributed by atoms with van der Waals surface area (Å²) in [4.78, 5) is 103. The maximum Gasteiger partial charge on any atom is 0.339 e. The van der Waals surface area contributed by atoms with Crippen LogP contribution in [-0.2, 0) is 57.2 Å². The van der Waals surface area contributed by atoms with Crippen molar-refractivity contribution in [1.29, 1.82) is 0 Å². The number of benzene rings is 7. The van der Waals surface area contributed by atoms with Gasteiger partial charge in [-0.15, -0.1) is 12.8 Å². The normalized spacial score (nSPS) is 22.4. The van der Waals surface area contributed by atoms with E-state index in [1.54, 1.807) is 61.5 Å². The third-order valence-corrected chi connectivity index (χ3v) is 27.2. The molecule has 0 saturated heterocycles. The number of carbonyl (C=O) groups excluding carboxylic acids is 8. The van der Waals surface area contributed by atoms with E-state index in [-0.39, 0.29) is 66.7 Å². The van der Waals surface area contributed by atoms with Crippen LogP contribution < -0.4 is 9.47 Å². The third kappa shape index (κ3) is 32.0. The van der Waals surface area contributed by atoms with Crippen molar-refractivity contribution in [2.24, 2.45) is 59.2 Å². The molecule has 0 amide bonds. The zero-order valence-electron chi connectivity index (χ0n) is 77.5. The molecular weight excluding hydrogens is 1660 g/mol. The van der Waals surface area contributed by atoms with Gasteiger partial charge in [-0.05, 0) is 366 Å². The molecule has 6 aliphatic rings. The highest BCUT2D eigenvalue weighted by atomic mass is 16.6. The van der Waals surface area contributed by atoms with Crippen LogP contribution in [0.3, 0.4) is 0 Å². The summed E-state index contributed by atoms with van der Waals surface area (Å²) >= 11 is 0. The van der Waals surface area contributed by atoms with Crippen LogP contribution in [0.2, 0.25) is 0 Å². The lowest BCUT2D eigenvalue weighted by Gasteiger charge is -2.40. The lowest BCUT2D eigenvalue weighted by Crippen LogP contribution is -2.39. The van der Waals surface area contributed by atoms with Gasteiger partial charge in [0.1, 0.15) is 11.5 Å². The van der Waals surface area contributed by atoms with Crippen LogP contribution in [0.15, 0.2) is 194 Å². The Hall–Kier alpha value is -12.9. The van der Waals surface area contributed by atoms with Crippen molar-refractivity contribution < 1.29 is 76.3 Å². The molecule has 0 unspecified atom stereocenters. The Kier molecular flexibility index (Phi) is 38.2. The molecule has 16 heteroatoms. The molecule has 6 saturated carbocycles. The smallest absolute Gasteiger partial charge is 0.339 e. The molecular formula is C117H126O16. The zero-order chi connectivity index (χ0) is 93.6. The monoisotopic (exact) mass is 1790 g/mol. The van der Waals surface area contributed by atoms with E-state index < -0.39 is 29.1 Å². The number of ether oxygens (including phenoxy) is 8. The van der Waals surface area contributed by atoms with E-state index in [9.17, 15) is 38.4 Å². The Bertz CT molecular complexity index is 5440. The number of hydrogen-bond acceptors (Lipinski definition) is 16. The highest BCUT2D eigenvalue weighted by Crippen LogP contribution is 2.46. The molecule has 13 rings (SSSR count). The molecule has 6 fully saturated rings. The van der Waals surface area contributed by atoms with E-state index in [1.165, 1.54) is 57.4 Å². The lowest BCUT2D eigenvalue weighted by molar-refractivity contribution is -0.152. The molecule has 0 aromatic heterocycles. The van der Waals surface area contributed by atoms with E-state index in [2.05, 4.69) is 79.6 Å². The van der Waals surface area contributed by atoms with Crippen LogP contribution >= 0.6 is 0 Å². The number of hydrogen-bond donors (Lipinski definition) is 0. The van der Waals surface area contributed by atoms with Crippen LogP contribution in [0, 0.1) is 131 Å². The number of carbonyl (C=O) groups is 8. The van der Waals surface area contributed by atoms with Gasteiger partial charge >= 0.3 is 47.8 Å². The minimum Gasteiger partial charge on any atom is -0.465 e. The van der Waals surface area contributed by atoms with Gasteiger partial charge in [0.2, 0.25) is 0 Å². The Morgan fingerprint density at radius 2 is 0.647 bits per heavy atom. The molecule has 0 bridgehead atoms. The molecule has 133 heavy (non-hydrogen) atoms. The second kappa shape index (κ2) is 51.2. The minimum atomic E-state index is -0.924. The average Bonchev–Trinajstić information content (AvgIpc) is 0.803. The Balaban J connectivity index is 0.000000240. The van der Waals surface area contributed by atoms with Gasteiger partial charge < -0.3 is 37.9 Å². The molecule has 16 nitrogen and oxygen atoms in total. The summed E-state index contributed by atoms with van der Waals surface area (Å²) in [7, 11) is 0. The highest BCUT2D eigenvalue weighted by molar-refractivity contribution is 5.91. The molecule has 6 aliphatic carbocycles. The van der Waals surface area contributed by atoms with Gasteiger partial charge in [0.15, 0.2) is 11.2 Å². The van der Waals surface area contributed by atoms with Gasteiger partial charge in [0.25, 0.3) is 0 Å². The number of terminal acetylenes is 2. The quantitative estimate of drug-likeness (QED) is 0.0107. The second-order valence-electron chi connectivity index (χ2n) is 37.1. The number of rotatable bonds is 29. The van der Waals surface area contributed by atoms with Gasteiger partial charge in [-0.2, -0.15) is 0 Å². The first kappa shape index (κ1) is 99.2. The summed E-state index contributed by atoms with van der Waals surface area (Å²) < 4.78 is 45.7. The first-order chi connectivity index (χ1) is 64.6. The lowest BCUT2D eigenvalue weighted by atomic mass is 9.68. The van der Waals surface area contributed by atoms with Crippen LogP contribution in [-0.4, -0.2) is 85.4 Å². The van der Waals surface area contributed by atoms with E-state index in [4.69, 9.17) is 50.7 Å². The first-order valence-electron chi connectivity index (χ1n) is 48.2. The molecule has 0 atom stereocenters. The second-order valence-corrected chi connectivity index (χ2v) is 37.1. The molecule has 7 aromatic carbocycles. The number of unbranched alkanes of at least 4 members (excludes halogenated alkanes) is 6. The standard InChI is InChI=1S/C59H60O8.C58H66O8/c1-3-44-13-15-46(16-14-44)17-18-47-19-21-48(22-20-47)35-38-59(39-36-50(37-40-59)49-24-11-43(2)12-25-49)67-58(63)53-30-32-54(33-31-53)66-57(62)52-28-26-51(27-29-52)56(61)65-42-8-7-41-64-55(60)34-23-45-9-5-4-6-10-45;1-5-44-14-16-45(17-15-44)18-19-46-20-22-47(23-21-46)34-37-58(38-35-49(36-39-58)48-24-12-43(4)13-25-48)66-57(62)52-30-32-53(33-31-52)65-56(61)51-28-26-50(27-29-51)55(60)64-41-11-9-7-6-8-10-40-63-54(59)42(2)3/h1,4-6,9-10,13-16,19-23,30-34,43,49-52H,7-8,11-12,24-29,36-37,39-42H2,2H3;1,14-17,20-23,30-33,43,48-51H,2,6-13,24-29,35-36,38-41H2,3-4H3/b34-23+;. The average molecular weight is 1790 g/mol. The Labute approximate surface area is 787 Å². The molecule has 0 spiro atoms. The van der Waals surface area contributed by atoms with Crippen molar-refractivity contribution in [2.75, 3.05) is 26.4 Å². The van der Waals surface area contributed by atoms with Crippen molar-refractivity contribution in [3.63, 3.8) is 0 Å². The minimum absolute atomic E-state index is 0.191. The van der Waals surface area contributed by atoms with Gasteiger partial charge in [-0.3, -0.25) is 19.2 Å². The summed E-state index contributed by atoms with van der Waals surface area (Å²) in [6.45, 7) is 11.2. The predicted molar refractivity (Wildman–Crippen MR) is 516 cm³/mol. The van der Waals surface area contributed by atoms with Crippen molar-refractivity contribution in [3.8, 4) is 83.6 Å². The van der Waals surface area contributed by atoms with Crippen molar-refractivity contribution >= 4 is 53.8 Å². The van der Waals surface area contributed by atoms with Crippen LogP contribution in [0.4, 0.5) is 0 Å².